The van der Waals surface area contributed by atoms with E-state index < -0.39 is 0 Å². The number of carbonyl (C=O) groups excluding carboxylic acids is 1. The molecule has 110 valence electrons. The number of nitrogens with zero attached hydrogens (tertiary/aromatic N) is 4. The Morgan fingerprint density at radius 1 is 1.29 bits per heavy atom. The van der Waals surface area contributed by atoms with Gasteiger partial charge in [-0.2, -0.15) is 0 Å². The molecule has 6 heteroatoms. The Hall–Kier alpha value is -2.21. The first kappa shape index (κ1) is 13.8. The molecule has 1 amide bonds. The van der Waals surface area contributed by atoms with E-state index in [1.54, 1.807) is 15.8 Å². The third-order valence-electron chi connectivity index (χ3n) is 3.65. The molecule has 1 aromatic heterocycles. The molecule has 0 bridgehead atoms. The first-order chi connectivity index (χ1) is 10.2. The van der Waals surface area contributed by atoms with Crippen molar-refractivity contribution in [2.24, 2.45) is 0 Å². The van der Waals surface area contributed by atoms with Gasteiger partial charge in [0.1, 0.15) is 0 Å². The molecule has 3 rings (SSSR count). The normalized spacial score (nSPS) is 15.2. The molecular formula is C15H18N4O2. The molecule has 0 N–H and O–H groups in total. The SMILES string of the molecule is Cc1ccccc1Cn1cc(C(=O)N2CCOCC2)nn1. The topological polar surface area (TPSA) is 60.2 Å². The predicted octanol–water partition coefficient (Wildman–Crippen LogP) is 1.11. The van der Waals surface area contributed by atoms with Crippen LogP contribution in [0, 0.1) is 6.92 Å². The highest BCUT2D eigenvalue weighted by atomic mass is 16.5. The molecule has 1 aromatic carbocycles. The Morgan fingerprint density at radius 2 is 2.05 bits per heavy atom. The zero-order chi connectivity index (χ0) is 14.7. The number of benzene rings is 1. The molecule has 0 atom stereocenters. The fourth-order valence-corrected chi connectivity index (χ4v) is 2.36. The highest BCUT2D eigenvalue weighted by Crippen LogP contribution is 2.10. The number of rotatable bonds is 3. The molecule has 0 aliphatic carbocycles. The highest BCUT2D eigenvalue weighted by molar-refractivity contribution is 5.91. The van der Waals surface area contributed by atoms with Gasteiger partial charge in [0, 0.05) is 13.1 Å². The quantitative estimate of drug-likeness (QED) is 0.848. The van der Waals surface area contributed by atoms with Gasteiger partial charge in [0.05, 0.1) is 26.0 Å². The summed E-state index contributed by atoms with van der Waals surface area (Å²) < 4.78 is 6.95. The number of aromatic nitrogens is 3. The van der Waals surface area contributed by atoms with Gasteiger partial charge in [-0.15, -0.1) is 5.10 Å². The van der Waals surface area contributed by atoms with Crippen LogP contribution in [0.5, 0.6) is 0 Å². The minimum Gasteiger partial charge on any atom is -0.378 e. The van der Waals surface area contributed by atoms with Crippen LogP contribution in [0.2, 0.25) is 0 Å². The van der Waals surface area contributed by atoms with E-state index in [0.717, 1.165) is 0 Å². The maximum atomic E-state index is 12.3. The van der Waals surface area contributed by atoms with Crippen LogP contribution in [0.25, 0.3) is 0 Å². The fourth-order valence-electron chi connectivity index (χ4n) is 2.36. The molecule has 0 unspecified atom stereocenters. The number of ether oxygens (including phenoxy) is 1. The lowest BCUT2D eigenvalue weighted by molar-refractivity contribution is 0.0299. The van der Waals surface area contributed by atoms with E-state index in [2.05, 4.69) is 29.4 Å². The molecule has 2 heterocycles. The standard InChI is InChI=1S/C15H18N4O2/c1-12-4-2-3-5-13(12)10-19-11-14(16-17-19)15(20)18-6-8-21-9-7-18/h2-5,11H,6-10H2,1H3. The molecule has 0 radical (unpaired) electrons. The van der Waals surface area contributed by atoms with Crippen molar-refractivity contribution < 1.29 is 9.53 Å². The van der Waals surface area contributed by atoms with Gasteiger partial charge in [-0.25, -0.2) is 4.68 Å². The summed E-state index contributed by atoms with van der Waals surface area (Å²) in [7, 11) is 0. The second-order valence-electron chi connectivity index (χ2n) is 5.13. The van der Waals surface area contributed by atoms with E-state index >= 15 is 0 Å². The maximum absolute atomic E-state index is 12.3. The van der Waals surface area contributed by atoms with Gasteiger partial charge in [0.2, 0.25) is 0 Å². The van der Waals surface area contributed by atoms with Gasteiger partial charge < -0.3 is 9.64 Å². The second kappa shape index (κ2) is 6.05. The number of hydrogen-bond acceptors (Lipinski definition) is 4. The van der Waals surface area contributed by atoms with Crippen molar-refractivity contribution in [2.75, 3.05) is 26.3 Å². The zero-order valence-electron chi connectivity index (χ0n) is 12.0. The summed E-state index contributed by atoms with van der Waals surface area (Å²) in [6, 6.07) is 8.12. The smallest absolute Gasteiger partial charge is 0.276 e. The molecule has 1 aliphatic heterocycles. The largest absolute Gasteiger partial charge is 0.378 e. The lowest BCUT2D eigenvalue weighted by atomic mass is 10.1. The Balaban J connectivity index is 1.71. The highest BCUT2D eigenvalue weighted by Gasteiger charge is 2.21. The van der Waals surface area contributed by atoms with Crippen LogP contribution in [-0.4, -0.2) is 52.1 Å². The summed E-state index contributed by atoms with van der Waals surface area (Å²) >= 11 is 0. The number of hydrogen-bond donors (Lipinski definition) is 0. The number of morpholine rings is 1. The number of carbonyl (C=O) groups is 1. The minimum absolute atomic E-state index is 0.0747. The Morgan fingerprint density at radius 3 is 2.81 bits per heavy atom. The van der Waals surface area contributed by atoms with E-state index in [4.69, 9.17) is 4.74 Å². The van der Waals surface area contributed by atoms with Crippen LogP contribution in [-0.2, 0) is 11.3 Å². The van der Waals surface area contributed by atoms with Crippen molar-refractivity contribution in [3.8, 4) is 0 Å². The van der Waals surface area contributed by atoms with E-state index in [1.807, 2.05) is 12.1 Å². The number of aryl methyl sites for hydroxylation is 1. The second-order valence-corrected chi connectivity index (χ2v) is 5.13. The molecule has 6 nitrogen and oxygen atoms in total. The van der Waals surface area contributed by atoms with Crippen LogP contribution in [0.4, 0.5) is 0 Å². The molecule has 2 aromatic rings. The van der Waals surface area contributed by atoms with Crippen LogP contribution >= 0.6 is 0 Å². The van der Waals surface area contributed by atoms with Crippen molar-refractivity contribution in [1.82, 2.24) is 19.9 Å². The monoisotopic (exact) mass is 286 g/mol. The van der Waals surface area contributed by atoms with Gasteiger partial charge in [-0.05, 0) is 18.1 Å². The summed E-state index contributed by atoms with van der Waals surface area (Å²) in [6.45, 7) is 5.08. The Labute approximate surface area is 123 Å². The summed E-state index contributed by atoms with van der Waals surface area (Å²) in [5.74, 6) is -0.0747. The van der Waals surface area contributed by atoms with E-state index in [9.17, 15) is 4.79 Å². The van der Waals surface area contributed by atoms with Crippen LogP contribution in [0.1, 0.15) is 21.6 Å². The first-order valence-electron chi connectivity index (χ1n) is 7.06. The number of amides is 1. The Kier molecular flexibility index (Phi) is 3.96. The lowest BCUT2D eigenvalue weighted by Crippen LogP contribution is -2.40. The molecule has 0 spiro atoms. The van der Waals surface area contributed by atoms with Crippen molar-refractivity contribution >= 4 is 5.91 Å². The molecule has 0 saturated carbocycles. The summed E-state index contributed by atoms with van der Waals surface area (Å²) in [6.07, 6.45) is 1.71. The van der Waals surface area contributed by atoms with E-state index in [1.165, 1.54) is 11.1 Å². The average molecular weight is 286 g/mol. The van der Waals surface area contributed by atoms with Crippen molar-refractivity contribution in [3.63, 3.8) is 0 Å². The van der Waals surface area contributed by atoms with Crippen molar-refractivity contribution in [3.05, 3.63) is 47.3 Å². The van der Waals surface area contributed by atoms with E-state index in [0.29, 0.717) is 38.5 Å². The van der Waals surface area contributed by atoms with Gasteiger partial charge in [-0.1, -0.05) is 29.5 Å². The van der Waals surface area contributed by atoms with Gasteiger partial charge in [0.25, 0.3) is 5.91 Å². The third kappa shape index (κ3) is 3.11. The van der Waals surface area contributed by atoms with Gasteiger partial charge >= 0.3 is 0 Å². The third-order valence-corrected chi connectivity index (χ3v) is 3.65. The first-order valence-corrected chi connectivity index (χ1v) is 7.06. The van der Waals surface area contributed by atoms with E-state index in [-0.39, 0.29) is 5.91 Å². The summed E-state index contributed by atoms with van der Waals surface area (Å²) in [4.78, 5) is 14.0. The summed E-state index contributed by atoms with van der Waals surface area (Å²) in [5.41, 5.74) is 2.77. The summed E-state index contributed by atoms with van der Waals surface area (Å²) in [5, 5.41) is 8.05. The van der Waals surface area contributed by atoms with Crippen LogP contribution in [0.15, 0.2) is 30.5 Å². The zero-order valence-corrected chi connectivity index (χ0v) is 12.0. The molecule has 21 heavy (non-hydrogen) atoms. The molecule has 1 saturated heterocycles. The van der Waals surface area contributed by atoms with Gasteiger partial charge in [-0.3, -0.25) is 4.79 Å². The Bertz CT molecular complexity index is 632. The molecule has 1 aliphatic rings. The van der Waals surface area contributed by atoms with Crippen molar-refractivity contribution in [2.45, 2.75) is 13.5 Å². The van der Waals surface area contributed by atoms with Crippen LogP contribution < -0.4 is 0 Å². The van der Waals surface area contributed by atoms with Crippen LogP contribution in [0.3, 0.4) is 0 Å². The average Bonchev–Trinajstić information content (AvgIpc) is 2.98. The molecular weight excluding hydrogens is 268 g/mol. The predicted molar refractivity (Wildman–Crippen MR) is 77.0 cm³/mol. The van der Waals surface area contributed by atoms with Gasteiger partial charge in [0.15, 0.2) is 5.69 Å². The van der Waals surface area contributed by atoms with Crippen molar-refractivity contribution in [1.29, 1.82) is 0 Å². The lowest BCUT2D eigenvalue weighted by Gasteiger charge is -2.25. The fraction of sp³-hybridized carbons (Fsp3) is 0.400. The molecule has 1 fully saturated rings. The maximum Gasteiger partial charge on any atom is 0.276 e. The minimum atomic E-state index is -0.0747.